The number of aliphatic hydroxyl groups excluding tert-OH is 1. The number of carbonyl (C=O) groups excluding carboxylic acids is 1. The van der Waals surface area contributed by atoms with E-state index >= 15 is 0 Å². The van der Waals surface area contributed by atoms with E-state index in [4.69, 9.17) is 4.74 Å². The highest BCUT2D eigenvalue weighted by atomic mass is 16.6. The van der Waals surface area contributed by atoms with Crippen LogP contribution in [0.3, 0.4) is 0 Å². The van der Waals surface area contributed by atoms with Crippen molar-refractivity contribution in [2.75, 3.05) is 13.2 Å². The van der Waals surface area contributed by atoms with E-state index in [1.165, 1.54) is 6.92 Å². The Morgan fingerprint density at radius 1 is 1.38 bits per heavy atom. The third-order valence-electron chi connectivity index (χ3n) is 2.37. The second kappa shape index (κ2) is 7.14. The van der Waals surface area contributed by atoms with Crippen molar-refractivity contribution in [2.24, 2.45) is 0 Å². The topological polar surface area (TPSA) is 145 Å². The molecule has 0 aromatic heterocycles. The van der Waals surface area contributed by atoms with Crippen molar-refractivity contribution in [3.8, 4) is 5.75 Å². The van der Waals surface area contributed by atoms with Crippen LogP contribution in [0.25, 0.3) is 0 Å². The number of amides is 1. The van der Waals surface area contributed by atoms with Crippen molar-refractivity contribution >= 4 is 17.3 Å². The SMILES string of the molecule is CC(=O)NCC(O)COc1ccc([N+](=O)[O-])cc1[N+](=O)[O-]. The highest BCUT2D eigenvalue weighted by Crippen LogP contribution is 2.30. The number of hydrogen-bond acceptors (Lipinski definition) is 7. The molecule has 0 aliphatic heterocycles. The Bertz CT molecular complexity index is 561. The molecule has 1 amide bonds. The van der Waals surface area contributed by atoms with E-state index in [1.54, 1.807) is 0 Å². The van der Waals surface area contributed by atoms with Gasteiger partial charge in [-0.05, 0) is 6.07 Å². The number of nitro groups is 2. The van der Waals surface area contributed by atoms with E-state index in [1.807, 2.05) is 0 Å². The Hall–Kier alpha value is -2.75. The van der Waals surface area contributed by atoms with E-state index in [2.05, 4.69) is 5.32 Å². The number of rotatable bonds is 7. The molecule has 1 unspecified atom stereocenters. The zero-order valence-electron chi connectivity index (χ0n) is 11.0. The van der Waals surface area contributed by atoms with Gasteiger partial charge >= 0.3 is 5.69 Å². The van der Waals surface area contributed by atoms with E-state index in [0.29, 0.717) is 0 Å². The molecular weight excluding hydrogens is 286 g/mol. The fourth-order valence-corrected chi connectivity index (χ4v) is 1.39. The molecule has 0 aliphatic rings. The average Bonchev–Trinajstić information content (AvgIpc) is 2.42. The maximum absolute atomic E-state index is 10.8. The summed E-state index contributed by atoms with van der Waals surface area (Å²) in [5, 5.41) is 33.3. The zero-order chi connectivity index (χ0) is 16.0. The Morgan fingerprint density at radius 2 is 2.05 bits per heavy atom. The highest BCUT2D eigenvalue weighted by Gasteiger charge is 2.21. The lowest BCUT2D eigenvalue weighted by atomic mass is 10.2. The summed E-state index contributed by atoms with van der Waals surface area (Å²) in [5.74, 6) is -0.539. The summed E-state index contributed by atoms with van der Waals surface area (Å²) in [7, 11) is 0. The molecule has 0 saturated heterocycles. The van der Waals surface area contributed by atoms with Crippen LogP contribution in [-0.4, -0.2) is 40.1 Å². The van der Waals surface area contributed by atoms with Gasteiger partial charge in [-0.2, -0.15) is 0 Å². The lowest BCUT2D eigenvalue weighted by Crippen LogP contribution is -2.34. The van der Waals surface area contributed by atoms with Gasteiger partial charge in [0, 0.05) is 19.5 Å². The van der Waals surface area contributed by atoms with Crippen LogP contribution >= 0.6 is 0 Å². The minimum atomic E-state index is -1.07. The third-order valence-corrected chi connectivity index (χ3v) is 2.37. The minimum absolute atomic E-state index is 0.0733. The van der Waals surface area contributed by atoms with Gasteiger partial charge in [0.2, 0.25) is 5.91 Å². The maximum atomic E-state index is 10.8. The fraction of sp³-hybridized carbons (Fsp3) is 0.364. The lowest BCUT2D eigenvalue weighted by molar-refractivity contribution is -0.394. The number of nitrogens with one attached hydrogen (secondary N) is 1. The Morgan fingerprint density at radius 3 is 2.57 bits per heavy atom. The molecular formula is C11H13N3O7. The Balaban J connectivity index is 2.76. The number of hydrogen-bond donors (Lipinski definition) is 2. The smallest absolute Gasteiger partial charge is 0.317 e. The van der Waals surface area contributed by atoms with Gasteiger partial charge in [0.05, 0.1) is 15.9 Å². The molecule has 2 N–H and O–H groups in total. The van der Waals surface area contributed by atoms with Crippen molar-refractivity contribution in [1.82, 2.24) is 5.32 Å². The van der Waals surface area contributed by atoms with Gasteiger partial charge in [0.25, 0.3) is 5.69 Å². The van der Waals surface area contributed by atoms with Gasteiger partial charge in [0.15, 0.2) is 5.75 Å². The van der Waals surface area contributed by atoms with Crippen molar-refractivity contribution in [2.45, 2.75) is 13.0 Å². The molecule has 0 fully saturated rings. The van der Waals surface area contributed by atoms with Gasteiger partial charge < -0.3 is 15.2 Å². The number of benzene rings is 1. The quantitative estimate of drug-likeness (QED) is 0.546. The Labute approximate surface area is 118 Å². The molecule has 114 valence electrons. The number of nitro benzene ring substituents is 2. The highest BCUT2D eigenvalue weighted by molar-refractivity contribution is 5.72. The van der Waals surface area contributed by atoms with Crippen molar-refractivity contribution in [3.63, 3.8) is 0 Å². The first-order valence-electron chi connectivity index (χ1n) is 5.79. The number of ether oxygens (including phenoxy) is 1. The van der Waals surface area contributed by atoms with Crippen LogP contribution in [-0.2, 0) is 4.79 Å². The van der Waals surface area contributed by atoms with Crippen LogP contribution < -0.4 is 10.1 Å². The summed E-state index contributed by atoms with van der Waals surface area (Å²) in [6.07, 6.45) is -1.07. The van der Waals surface area contributed by atoms with Crippen LogP contribution in [0.4, 0.5) is 11.4 Å². The predicted octanol–water partition coefficient (Wildman–Crippen LogP) is 0.379. The maximum Gasteiger partial charge on any atom is 0.317 e. The van der Waals surface area contributed by atoms with Crippen LogP contribution in [0.2, 0.25) is 0 Å². The van der Waals surface area contributed by atoms with Crippen LogP contribution in [0.15, 0.2) is 18.2 Å². The first-order valence-corrected chi connectivity index (χ1v) is 5.79. The zero-order valence-corrected chi connectivity index (χ0v) is 11.0. The molecule has 0 aliphatic carbocycles. The standard InChI is InChI=1S/C11H13N3O7/c1-7(15)12-5-9(16)6-21-11-3-2-8(13(17)18)4-10(11)14(19)20/h2-4,9,16H,5-6H2,1H3,(H,12,15). The predicted molar refractivity (Wildman–Crippen MR) is 69.9 cm³/mol. The van der Waals surface area contributed by atoms with Crippen molar-refractivity contribution < 1.29 is 24.5 Å². The first-order chi connectivity index (χ1) is 9.81. The van der Waals surface area contributed by atoms with Gasteiger partial charge in [-0.15, -0.1) is 0 Å². The van der Waals surface area contributed by atoms with Gasteiger partial charge in [-0.3, -0.25) is 25.0 Å². The molecule has 0 bridgehead atoms. The van der Waals surface area contributed by atoms with Gasteiger partial charge in [-0.25, -0.2) is 0 Å². The molecule has 10 nitrogen and oxygen atoms in total. The molecule has 0 spiro atoms. The summed E-state index contributed by atoms with van der Waals surface area (Å²) in [6.45, 7) is 0.893. The molecule has 0 saturated carbocycles. The third kappa shape index (κ3) is 5.03. The van der Waals surface area contributed by atoms with E-state index in [9.17, 15) is 30.1 Å². The van der Waals surface area contributed by atoms with E-state index in [-0.39, 0.29) is 24.8 Å². The average molecular weight is 299 g/mol. The second-order valence-electron chi connectivity index (χ2n) is 4.07. The van der Waals surface area contributed by atoms with Crippen molar-refractivity contribution in [1.29, 1.82) is 0 Å². The molecule has 1 aromatic carbocycles. The molecule has 1 atom stereocenters. The monoisotopic (exact) mass is 299 g/mol. The lowest BCUT2D eigenvalue weighted by Gasteiger charge is -2.12. The summed E-state index contributed by atoms with van der Waals surface area (Å²) in [6, 6.07) is 2.92. The largest absolute Gasteiger partial charge is 0.484 e. The molecule has 0 radical (unpaired) electrons. The number of carbonyl (C=O) groups is 1. The first kappa shape index (κ1) is 16.3. The number of nitrogens with zero attached hydrogens (tertiary/aromatic N) is 2. The van der Waals surface area contributed by atoms with Crippen molar-refractivity contribution in [3.05, 3.63) is 38.4 Å². The number of aliphatic hydroxyl groups is 1. The summed E-state index contributed by atoms with van der Waals surface area (Å²) in [4.78, 5) is 30.5. The molecule has 0 heterocycles. The number of non-ortho nitro benzene ring substituents is 1. The van der Waals surface area contributed by atoms with E-state index in [0.717, 1.165) is 18.2 Å². The summed E-state index contributed by atoms with van der Waals surface area (Å²) < 4.78 is 5.06. The second-order valence-corrected chi connectivity index (χ2v) is 4.07. The van der Waals surface area contributed by atoms with Crippen LogP contribution in [0.1, 0.15) is 6.92 Å². The van der Waals surface area contributed by atoms with Crippen LogP contribution in [0, 0.1) is 20.2 Å². The summed E-state index contributed by atoms with van der Waals surface area (Å²) in [5.41, 5.74) is -1.01. The normalized spacial score (nSPS) is 11.5. The van der Waals surface area contributed by atoms with E-state index < -0.39 is 27.3 Å². The van der Waals surface area contributed by atoms with Gasteiger partial charge in [0.1, 0.15) is 12.7 Å². The van der Waals surface area contributed by atoms with Crippen LogP contribution in [0.5, 0.6) is 5.75 Å². The van der Waals surface area contributed by atoms with Gasteiger partial charge in [-0.1, -0.05) is 0 Å². The molecule has 21 heavy (non-hydrogen) atoms. The molecule has 1 rings (SSSR count). The minimum Gasteiger partial charge on any atom is -0.484 e. The summed E-state index contributed by atoms with van der Waals surface area (Å²) >= 11 is 0. The molecule has 1 aromatic rings. The Kier molecular flexibility index (Phi) is 5.55. The molecule has 10 heteroatoms. The fourth-order valence-electron chi connectivity index (χ4n) is 1.39.